The van der Waals surface area contributed by atoms with Crippen molar-refractivity contribution in [3.05, 3.63) is 34.3 Å². The molecule has 6 heteroatoms. The Labute approximate surface area is 135 Å². The number of piperidine rings is 1. The number of rotatable bonds is 3. The Bertz CT molecular complexity index is 568. The lowest BCUT2D eigenvalue weighted by Crippen LogP contribution is -2.61. The second kappa shape index (κ2) is 6.30. The Kier molecular flexibility index (Phi) is 4.86. The van der Waals surface area contributed by atoms with Crippen LogP contribution < -0.4 is 11.1 Å². The second-order valence-electron chi connectivity index (χ2n) is 5.66. The zero-order valence-electron chi connectivity index (χ0n) is 12.3. The fourth-order valence-corrected chi connectivity index (χ4v) is 3.08. The predicted octanol–water partition coefficient (Wildman–Crippen LogP) is 2.13. The van der Waals surface area contributed by atoms with Crippen molar-refractivity contribution in [2.24, 2.45) is 5.73 Å². The van der Waals surface area contributed by atoms with Gasteiger partial charge < -0.3 is 16.0 Å². The standard InChI is InChI=1S/C15H20ClN3OS/c1-10-9-11(16)3-4-12(10)13(20)18-15(14(17)21)5-7-19(2)8-6-15/h3-4,9H,5-8H2,1-2H3,(H2,17,21)(H,18,20). The smallest absolute Gasteiger partial charge is 0.252 e. The molecule has 0 radical (unpaired) electrons. The van der Waals surface area contributed by atoms with Crippen LogP contribution in [-0.4, -0.2) is 41.5 Å². The molecule has 3 N–H and O–H groups in total. The van der Waals surface area contributed by atoms with Gasteiger partial charge in [-0.05, 0) is 50.6 Å². The zero-order chi connectivity index (χ0) is 15.6. The summed E-state index contributed by atoms with van der Waals surface area (Å²) >= 11 is 11.1. The molecule has 1 amide bonds. The van der Waals surface area contributed by atoms with Crippen LogP contribution in [0.4, 0.5) is 0 Å². The normalized spacial score (nSPS) is 18.2. The zero-order valence-corrected chi connectivity index (χ0v) is 13.9. The van der Waals surface area contributed by atoms with Crippen molar-refractivity contribution >= 4 is 34.7 Å². The molecule has 1 fully saturated rings. The number of halogens is 1. The van der Waals surface area contributed by atoms with E-state index in [0.29, 0.717) is 15.6 Å². The number of nitrogens with two attached hydrogens (primary N) is 1. The van der Waals surface area contributed by atoms with Crippen molar-refractivity contribution in [2.45, 2.75) is 25.3 Å². The van der Waals surface area contributed by atoms with Crippen LogP contribution in [0.2, 0.25) is 5.02 Å². The fraction of sp³-hybridized carbons (Fsp3) is 0.467. The minimum Gasteiger partial charge on any atom is -0.391 e. The molecule has 0 atom stereocenters. The summed E-state index contributed by atoms with van der Waals surface area (Å²) in [5.41, 5.74) is 6.77. The van der Waals surface area contributed by atoms with Crippen LogP contribution in [0.25, 0.3) is 0 Å². The van der Waals surface area contributed by atoms with E-state index in [0.717, 1.165) is 31.5 Å². The van der Waals surface area contributed by atoms with Crippen LogP contribution in [0, 0.1) is 6.92 Å². The molecule has 0 unspecified atom stereocenters. The van der Waals surface area contributed by atoms with Gasteiger partial charge in [-0.3, -0.25) is 4.79 Å². The van der Waals surface area contributed by atoms with Gasteiger partial charge >= 0.3 is 0 Å². The van der Waals surface area contributed by atoms with E-state index in [1.165, 1.54) is 0 Å². The van der Waals surface area contributed by atoms with E-state index in [-0.39, 0.29) is 5.91 Å². The Morgan fingerprint density at radius 1 is 1.43 bits per heavy atom. The van der Waals surface area contributed by atoms with Crippen LogP contribution in [0.15, 0.2) is 18.2 Å². The van der Waals surface area contributed by atoms with Crippen LogP contribution in [0.3, 0.4) is 0 Å². The number of aryl methyl sites for hydroxylation is 1. The molecular formula is C15H20ClN3OS. The Morgan fingerprint density at radius 2 is 2.05 bits per heavy atom. The van der Waals surface area contributed by atoms with E-state index in [1.54, 1.807) is 18.2 Å². The van der Waals surface area contributed by atoms with E-state index < -0.39 is 5.54 Å². The number of carbonyl (C=O) groups is 1. The molecule has 1 aromatic rings. The summed E-state index contributed by atoms with van der Waals surface area (Å²) < 4.78 is 0. The average Bonchev–Trinajstić information content (AvgIpc) is 2.41. The maximum atomic E-state index is 12.6. The number of benzene rings is 1. The van der Waals surface area contributed by atoms with Gasteiger partial charge in [-0.15, -0.1) is 0 Å². The SMILES string of the molecule is Cc1cc(Cl)ccc1C(=O)NC1(C(N)=S)CCN(C)CC1. The van der Waals surface area contributed by atoms with Crippen molar-refractivity contribution in [3.8, 4) is 0 Å². The van der Waals surface area contributed by atoms with E-state index in [2.05, 4.69) is 17.3 Å². The summed E-state index contributed by atoms with van der Waals surface area (Å²) in [7, 11) is 2.05. The number of hydrogen-bond acceptors (Lipinski definition) is 3. The Balaban J connectivity index is 2.21. The van der Waals surface area contributed by atoms with E-state index in [1.807, 2.05) is 6.92 Å². The second-order valence-corrected chi connectivity index (χ2v) is 6.54. The minimum absolute atomic E-state index is 0.151. The highest BCUT2D eigenvalue weighted by Gasteiger charge is 2.38. The van der Waals surface area contributed by atoms with Gasteiger partial charge in [-0.2, -0.15) is 0 Å². The van der Waals surface area contributed by atoms with E-state index in [9.17, 15) is 4.79 Å². The van der Waals surface area contributed by atoms with Crippen LogP contribution >= 0.6 is 23.8 Å². The van der Waals surface area contributed by atoms with Crippen molar-refractivity contribution in [1.29, 1.82) is 0 Å². The summed E-state index contributed by atoms with van der Waals surface area (Å²) in [5.74, 6) is -0.151. The molecule has 1 saturated heterocycles. The van der Waals surface area contributed by atoms with Crippen molar-refractivity contribution in [3.63, 3.8) is 0 Å². The van der Waals surface area contributed by atoms with Gasteiger partial charge in [-0.25, -0.2) is 0 Å². The molecule has 21 heavy (non-hydrogen) atoms. The Morgan fingerprint density at radius 3 is 2.57 bits per heavy atom. The molecule has 1 aliphatic heterocycles. The molecular weight excluding hydrogens is 306 g/mol. The van der Waals surface area contributed by atoms with Crippen molar-refractivity contribution < 1.29 is 4.79 Å². The highest BCUT2D eigenvalue weighted by atomic mass is 35.5. The maximum Gasteiger partial charge on any atom is 0.252 e. The largest absolute Gasteiger partial charge is 0.391 e. The summed E-state index contributed by atoms with van der Waals surface area (Å²) in [4.78, 5) is 15.1. The third-order valence-corrected chi connectivity index (χ3v) is 4.72. The molecule has 0 aliphatic carbocycles. The molecule has 0 spiro atoms. The highest BCUT2D eigenvalue weighted by Crippen LogP contribution is 2.24. The quantitative estimate of drug-likeness (QED) is 0.836. The first kappa shape index (κ1) is 16.2. The summed E-state index contributed by atoms with van der Waals surface area (Å²) in [6.45, 7) is 3.58. The lowest BCUT2D eigenvalue weighted by Gasteiger charge is -2.40. The van der Waals surface area contributed by atoms with Gasteiger partial charge in [-0.1, -0.05) is 23.8 Å². The van der Waals surface area contributed by atoms with Crippen molar-refractivity contribution in [2.75, 3.05) is 20.1 Å². The number of nitrogens with one attached hydrogen (secondary N) is 1. The van der Waals surface area contributed by atoms with Gasteiger partial charge in [0, 0.05) is 23.7 Å². The monoisotopic (exact) mass is 325 g/mol. The average molecular weight is 326 g/mol. The number of carbonyl (C=O) groups excluding carboxylic acids is 1. The summed E-state index contributed by atoms with van der Waals surface area (Å²) in [6.07, 6.45) is 1.47. The van der Waals surface area contributed by atoms with E-state index in [4.69, 9.17) is 29.6 Å². The molecule has 1 heterocycles. The van der Waals surface area contributed by atoms with Gasteiger partial charge in [0.2, 0.25) is 0 Å². The molecule has 1 aliphatic rings. The summed E-state index contributed by atoms with van der Waals surface area (Å²) in [6, 6.07) is 5.22. The molecule has 1 aromatic carbocycles. The first-order chi connectivity index (χ1) is 9.84. The van der Waals surface area contributed by atoms with E-state index >= 15 is 0 Å². The van der Waals surface area contributed by atoms with Gasteiger partial charge in [0.15, 0.2) is 0 Å². The number of nitrogens with zero attached hydrogens (tertiary/aromatic N) is 1. The van der Waals surface area contributed by atoms with Crippen molar-refractivity contribution in [1.82, 2.24) is 10.2 Å². The van der Waals surface area contributed by atoms with Gasteiger partial charge in [0.05, 0.1) is 10.5 Å². The lowest BCUT2D eigenvalue weighted by molar-refractivity contribution is 0.0889. The molecule has 0 bridgehead atoms. The van der Waals surface area contributed by atoms with Gasteiger partial charge in [0.1, 0.15) is 0 Å². The predicted molar refractivity (Wildman–Crippen MR) is 89.9 cm³/mol. The number of hydrogen-bond donors (Lipinski definition) is 2. The van der Waals surface area contributed by atoms with Crippen LogP contribution in [-0.2, 0) is 0 Å². The molecule has 0 saturated carbocycles. The number of likely N-dealkylation sites (tertiary alicyclic amines) is 1. The third kappa shape index (κ3) is 3.54. The van der Waals surface area contributed by atoms with Crippen LogP contribution in [0.1, 0.15) is 28.8 Å². The van der Waals surface area contributed by atoms with Gasteiger partial charge in [0.25, 0.3) is 5.91 Å². The molecule has 2 rings (SSSR count). The topological polar surface area (TPSA) is 58.4 Å². The lowest BCUT2D eigenvalue weighted by atomic mass is 9.87. The fourth-order valence-electron chi connectivity index (χ4n) is 2.60. The minimum atomic E-state index is -0.592. The Hall–Kier alpha value is -1.17. The third-order valence-electron chi connectivity index (χ3n) is 4.10. The summed E-state index contributed by atoms with van der Waals surface area (Å²) in [5, 5.41) is 3.67. The number of thiocarbonyl (C=S) groups is 1. The first-order valence-corrected chi connectivity index (χ1v) is 7.70. The molecule has 0 aromatic heterocycles. The molecule has 4 nitrogen and oxygen atoms in total. The van der Waals surface area contributed by atoms with Crippen LogP contribution in [0.5, 0.6) is 0 Å². The number of amides is 1. The highest BCUT2D eigenvalue weighted by molar-refractivity contribution is 7.80. The maximum absolute atomic E-state index is 12.6. The molecule has 114 valence electrons. The first-order valence-electron chi connectivity index (χ1n) is 6.91.